The lowest BCUT2D eigenvalue weighted by Gasteiger charge is -2.09. The number of thiophene rings is 1. The van der Waals surface area contributed by atoms with Gasteiger partial charge in [0, 0.05) is 60.0 Å². The molecular formula is C39H23N3S. The van der Waals surface area contributed by atoms with E-state index < -0.39 is 0 Å². The van der Waals surface area contributed by atoms with Gasteiger partial charge in [-0.05, 0) is 52.6 Å². The number of hydrogen-bond acceptors (Lipinski definition) is 2. The quantitative estimate of drug-likeness (QED) is 0.191. The summed E-state index contributed by atoms with van der Waals surface area (Å²) in [6.07, 6.45) is 4.13. The number of pyridine rings is 1. The van der Waals surface area contributed by atoms with Gasteiger partial charge in [0.15, 0.2) is 0 Å². The van der Waals surface area contributed by atoms with Crippen molar-refractivity contribution in [1.29, 1.82) is 0 Å². The average molecular weight is 566 g/mol. The highest BCUT2D eigenvalue weighted by atomic mass is 32.1. The van der Waals surface area contributed by atoms with Gasteiger partial charge < -0.3 is 8.97 Å². The molecule has 43 heavy (non-hydrogen) atoms. The van der Waals surface area contributed by atoms with E-state index in [4.69, 9.17) is 4.98 Å². The largest absolute Gasteiger partial charge is 0.309 e. The highest BCUT2D eigenvalue weighted by Gasteiger charge is 2.20. The summed E-state index contributed by atoms with van der Waals surface area (Å²) < 4.78 is 7.20. The van der Waals surface area contributed by atoms with Gasteiger partial charge in [-0.1, -0.05) is 91.0 Å². The van der Waals surface area contributed by atoms with Crippen LogP contribution in [0.2, 0.25) is 0 Å². The van der Waals surface area contributed by atoms with Gasteiger partial charge in [0.1, 0.15) is 5.65 Å². The maximum absolute atomic E-state index is 4.83. The van der Waals surface area contributed by atoms with Crippen molar-refractivity contribution >= 4 is 80.5 Å². The molecule has 10 aromatic rings. The predicted molar refractivity (Wildman–Crippen MR) is 183 cm³/mol. The SMILES string of the molecule is c1ccc2c(c1)c1ccccc1c1c3ccc4c(c5ccccc5n4-c4ccc(-c5cn6ccccc6n5)cc4)c3sc21. The Balaban J connectivity index is 1.26. The van der Waals surface area contributed by atoms with Crippen molar-refractivity contribution in [2.45, 2.75) is 0 Å². The average Bonchev–Trinajstić information content (AvgIpc) is 3.77. The van der Waals surface area contributed by atoms with Gasteiger partial charge in [-0.2, -0.15) is 0 Å². The molecule has 0 unspecified atom stereocenters. The number of aromatic nitrogens is 3. The van der Waals surface area contributed by atoms with Gasteiger partial charge in [0.25, 0.3) is 0 Å². The molecule has 10 rings (SSSR count). The zero-order valence-corrected chi connectivity index (χ0v) is 23.8. The van der Waals surface area contributed by atoms with E-state index in [-0.39, 0.29) is 0 Å². The number of hydrogen-bond donors (Lipinski definition) is 0. The molecule has 0 atom stereocenters. The summed E-state index contributed by atoms with van der Waals surface area (Å²) in [6.45, 7) is 0. The third-order valence-electron chi connectivity index (χ3n) is 8.93. The van der Waals surface area contributed by atoms with Crippen LogP contribution in [0.5, 0.6) is 0 Å². The summed E-state index contributed by atoms with van der Waals surface area (Å²) in [5, 5.41) is 10.6. The van der Waals surface area contributed by atoms with Crippen LogP contribution in [0.1, 0.15) is 0 Å². The molecular weight excluding hydrogens is 543 g/mol. The molecule has 0 saturated carbocycles. The fourth-order valence-electron chi connectivity index (χ4n) is 7.05. The first-order valence-corrected chi connectivity index (χ1v) is 15.4. The second kappa shape index (κ2) is 8.54. The van der Waals surface area contributed by atoms with Crippen LogP contribution in [0.25, 0.3) is 86.1 Å². The molecule has 0 saturated heterocycles. The first-order valence-electron chi connectivity index (χ1n) is 14.6. The Labute approximate surface area is 250 Å². The molecule has 0 spiro atoms. The van der Waals surface area contributed by atoms with Crippen molar-refractivity contribution in [2.24, 2.45) is 0 Å². The highest BCUT2D eigenvalue weighted by Crippen LogP contribution is 2.48. The van der Waals surface area contributed by atoms with Crippen LogP contribution in [0.3, 0.4) is 0 Å². The van der Waals surface area contributed by atoms with Crippen molar-refractivity contribution in [1.82, 2.24) is 14.0 Å². The minimum Gasteiger partial charge on any atom is -0.309 e. The zero-order valence-electron chi connectivity index (χ0n) is 23.0. The number of rotatable bonds is 2. The maximum Gasteiger partial charge on any atom is 0.137 e. The number of benzene rings is 6. The van der Waals surface area contributed by atoms with E-state index in [1.165, 1.54) is 63.5 Å². The monoisotopic (exact) mass is 565 g/mol. The van der Waals surface area contributed by atoms with Crippen molar-refractivity contribution in [3.63, 3.8) is 0 Å². The van der Waals surface area contributed by atoms with Crippen molar-refractivity contribution in [2.75, 3.05) is 0 Å². The van der Waals surface area contributed by atoms with Crippen LogP contribution in [-0.4, -0.2) is 14.0 Å². The minimum absolute atomic E-state index is 0.955. The van der Waals surface area contributed by atoms with Crippen molar-refractivity contribution in [3.8, 4) is 16.9 Å². The predicted octanol–water partition coefficient (Wildman–Crippen LogP) is 10.8. The van der Waals surface area contributed by atoms with Gasteiger partial charge in [-0.15, -0.1) is 11.3 Å². The molecule has 0 amide bonds. The van der Waals surface area contributed by atoms with E-state index in [9.17, 15) is 0 Å². The summed E-state index contributed by atoms with van der Waals surface area (Å²) in [4.78, 5) is 4.83. The minimum atomic E-state index is 0.955. The summed E-state index contributed by atoms with van der Waals surface area (Å²) in [5.41, 5.74) is 6.64. The van der Waals surface area contributed by atoms with Gasteiger partial charge in [0.05, 0.1) is 16.7 Å². The van der Waals surface area contributed by atoms with Gasteiger partial charge in [-0.3, -0.25) is 0 Å². The van der Waals surface area contributed by atoms with Crippen LogP contribution in [-0.2, 0) is 0 Å². The molecule has 200 valence electrons. The Morgan fingerprint density at radius 3 is 1.98 bits per heavy atom. The van der Waals surface area contributed by atoms with Crippen LogP contribution < -0.4 is 0 Å². The van der Waals surface area contributed by atoms with Crippen LogP contribution in [0.4, 0.5) is 0 Å². The molecule has 0 bridgehead atoms. The third kappa shape index (κ3) is 3.16. The topological polar surface area (TPSA) is 22.2 Å². The lowest BCUT2D eigenvalue weighted by molar-refractivity contribution is 1.18. The Hall–Kier alpha value is -5.45. The summed E-state index contributed by atoms with van der Waals surface area (Å²) in [7, 11) is 0. The van der Waals surface area contributed by atoms with Crippen molar-refractivity contribution < 1.29 is 0 Å². The number of para-hydroxylation sites is 1. The van der Waals surface area contributed by atoms with E-state index in [0.717, 1.165) is 22.6 Å². The van der Waals surface area contributed by atoms with E-state index in [0.29, 0.717) is 0 Å². The summed E-state index contributed by atoms with van der Waals surface area (Å²) in [5.74, 6) is 0. The molecule has 0 N–H and O–H groups in total. The summed E-state index contributed by atoms with van der Waals surface area (Å²) in [6, 6.07) is 46.1. The first kappa shape index (κ1) is 23.1. The first-order chi connectivity index (χ1) is 21.3. The molecule has 0 aliphatic rings. The lowest BCUT2D eigenvalue weighted by Crippen LogP contribution is -1.93. The van der Waals surface area contributed by atoms with Crippen molar-refractivity contribution in [3.05, 3.63) is 140 Å². The zero-order chi connectivity index (χ0) is 28.1. The molecule has 6 aromatic carbocycles. The van der Waals surface area contributed by atoms with Gasteiger partial charge >= 0.3 is 0 Å². The van der Waals surface area contributed by atoms with Crippen LogP contribution in [0.15, 0.2) is 140 Å². The molecule has 4 heterocycles. The number of fused-ring (bicyclic) bond motifs is 13. The highest BCUT2D eigenvalue weighted by molar-refractivity contribution is 7.28. The van der Waals surface area contributed by atoms with Crippen LogP contribution >= 0.6 is 11.3 Å². The standard InChI is InChI=1S/C39H23N3S/c1-3-11-28-26(9-1)27-10-2-4-12-29(27)38-36(28)31-20-21-34-37(39(31)43-38)30-13-5-6-14-33(30)42(34)25-18-16-24(17-19-25)32-23-41-22-8-7-15-35(41)40-32/h1-23H. The molecule has 4 heteroatoms. The van der Waals surface area contributed by atoms with E-state index in [1.54, 1.807) is 0 Å². The van der Waals surface area contributed by atoms with E-state index in [1.807, 2.05) is 35.7 Å². The van der Waals surface area contributed by atoms with Crippen LogP contribution in [0, 0.1) is 0 Å². The number of nitrogens with zero attached hydrogens (tertiary/aromatic N) is 3. The second-order valence-electron chi connectivity index (χ2n) is 11.2. The molecule has 4 aromatic heterocycles. The summed E-state index contributed by atoms with van der Waals surface area (Å²) >= 11 is 1.94. The third-order valence-corrected chi connectivity index (χ3v) is 10.2. The fraction of sp³-hybridized carbons (Fsp3) is 0. The van der Waals surface area contributed by atoms with Gasteiger partial charge in [0.2, 0.25) is 0 Å². The molecule has 0 radical (unpaired) electrons. The van der Waals surface area contributed by atoms with Gasteiger partial charge in [-0.25, -0.2) is 4.98 Å². The Morgan fingerprint density at radius 1 is 0.488 bits per heavy atom. The maximum atomic E-state index is 4.83. The Bertz CT molecular complexity index is 2690. The molecule has 0 aliphatic carbocycles. The molecule has 0 fully saturated rings. The molecule has 3 nitrogen and oxygen atoms in total. The Kier molecular flexibility index (Phi) is 4.60. The molecule has 0 aliphatic heterocycles. The van der Waals surface area contributed by atoms with E-state index >= 15 is 0 Å². The number of imidazole rings is 1. The lowest BCUT2D eigenvalue weighted by atomic mass is 9.97. The normalized spacial score (nSPS) is 12.2. The second-order valence-corrected chi connectivity index (χ2v) is 12.2. The van der Waals surface area contributed by atoms with E-state index in [2.05, 4.69) is 124 Å². The fourth-order valence-corrected chi connectivity index (χ4v) is 8.46. The Morgan fingerprint density at radius 2 is 1.16 bits per heavy atom. The smallest absolute Gasteiger partial charge is 0.137 e.